The summed E-state index contributed by atoms with van der Waals surface area (Å²) < 4.78 is 4.51. The van der Waals surface area contributed by atoms with Gasteiger partial charge in [0, 0.05) is 25.8 Å². The van der Waals surface area contributed by atoms with Crippen molar-refractivity contribution in [3.05, 3.63) is 12.8 Å². The number of esters is 1. The van der Waals surface area contributed by atoms with E-state index >= 15 is 0 Å². The Morgan fingerprint density at radius 3 is 1.52 bits per heavy atom. The van der Waals surface area contributed by atoms with Crippen molar-refractivity contribution >= 4 is 11.9 Å². The van der Waals surface area contributed by atoms with Crippen LogP contribution in [-0.2, 0) is 14.3 Å². The molecule has 0 aromatic carbocycles. The number of carboxylic acid groups (broad SMARTS) is 1. The zero-order valence-electron chi connectivity index (χ0n) is 16.5. The van der Waals surface area contributed by atoms with Gasteiger partial charge in [-0.25, -0.2) is 0 Å². The number of rotatable bonds is 5. The zero-order chi connectivity index (χ0) is 19.6. The van der Waals surface area contributed by atoms with Crippen molar-refractivity contribution in [1.82, 2.24) is 0 Å². The molecule has 0 saturated heterocycles. The summed E-state index contributed by atoms with van der Waals surface area (Å²) >= 11 is 0. The normalized spacial score (nSPS) is 12.7. The highest BCUT2D eigenvalue weighted by atomic mass is 16.5. The van der Waals surface area contributed by atoms with E-state index in [2.05, 4.69) is 11.3 Å². The lowest BCUT2D eigenvalue weighted by Gasteiger charge is -2.11. The van der Waals surface area contributed by atoms with E-state index in [-0.39, 0.29) is 44.9 Å². The van der Waals surface area contributed by atoms with Gasteiger partial charge in [-0.2, -0.15) is 0 Å². The molecule has 0 bridgehead atoms. The molecule has 4 atom stereocenters. The molecule has 0 aromatic heterocycles. The van der Waals surface area contributed by atoms with Crippen molar-refractivity contribution in [2.45, 2.75) is 54.1 Å². The Balaban J connectivity index is -0.0000000410. The van der Waals surface area contributed by atoms with E-state index in [0.29, 0.717) is 0 Å². The van der Waals surface area contributed by atoms with Crippen molar-refractivity contribution < 1.29 is 36.5 Å². The molecule has 9 N–H and O–H groups in total. The summed E-state index contributed by atoms with van der Waals surface area (Å²) in [7, 11) is 1.00. The molecule has 0 aliphatic carbocycles. The third-order valence-electron chi connectivity index (χ3n) is 2.54. The summed E-state index contributed by atoms with van der Waals surface area (Å²) in [6.07, 6.45) is 1.11. The van der Waals surface area contributed by atoms with Crippen LogP contribution in [0.15, 0.2) is 12.8 Å². The molecule has 0 heterocycles. The van der Waals surface area contributed by atoms with Crippen LogP contribution in [-0.4, -0.2) is 58.5 Å². The van der Waals surface area contributed by atoms with Gasteiger partial charge in [0.1, 0.15) is 0 Å². The Bertz CT molecular complexity index is 304. The SMILES string of the molecule is C.C=COC(=O)C(C)C(C)N.CC(N)C(C)C(=O)O.CCO.CO.O.[H+]. The average Bonchev–Trinajstić information content (AvgIpc) is 2.49. The molecule has 0 aliphatic rings. The van der Waals surface area contributed by atoms with Crippen LogP contribution in [0, 0.1) is 11.8 Å². The first kappa shape index (κ1) is 38.8. The number of aliphatic carboxylic acids is 1. The summed E-state index contributed by atoms with van der Waals surface area (Å²) in [6.45, 7) is 11.9. The van der Waals surface area contributed by atoms with Crippen molar-refractivity contribution in [2.24, 2.45) is 23.3 Å². The van der Waals surface area contributed by atoms with Crippen LogP contribution in [0.1, 0.15) is 43.5 Å². The lowest BCUT2D eigenvalue weighted by Crippen LogP contribution is -2.31. The lowest BCUT2D eigenvalue weighted by atomic mass is 10.1. The molecular weight excluding hydrogens is 332 g/mol. The van der Waals surface area contributed by atoms with Gasteiger partial charge in [-0.15, -0.1) is 0 Å². The highest BCUT2D eigenvalue weighted by molar-refractivity contribution is 5.73. The smallest absolute Gasteiger partial charge is 0.481 e. The van der Waals surface area contributed by atoms with Gasteiger partial charge < -0.3 is 37.0 Å². The number of carboxylic acids is 1. The van der Waals surface area contributed by atoms with Crippen LogP contribution in [0.25, 0.3) is 0 Å². The molecule has 0 aliphatic heterocycles. The summed E-state index contributed by atoms with van der Waals surface area (Å²) in [6, 6.07) is -0.431. The zero-order valence-corrected chi connectivity index (χ0v) is 15.5. The van der Waals surface area contributed by atoms with Crippen LogP contribution >= 0.6 is 0 Å². The third-order valence-corrected chi connectivity index (χ3v) is 2.54. The van der Waals surface area contributed by atoms with Crippen LogP contribution in [0.2, 0.25) is 0 Å². The standard InChI is InChI=1S/C7H13NO2.C5H11NO2.C2H6O.CH4O.CH4.H2O/c1-4-10-7(9)5(2)6(3)8;1-3(4(2)6)5(7)8;1-2-3;1-2;;/h4-6H,1,8H2,2-3H3;3-4H,6H2,1-2H3,(H,7,8);3H,2H2,1H3;2H,1H3;1H4;1H2/p+1. The Hall–Kier alpha value is -1.52. The third kappa shape index (κ3) is 30.9. The molecule has 156 valence electrons. The van der Waals surface area contributed by atoms with Crippen LogP contribution in [0.4, 0.5) is 0 Å². The minimum Gasteiger partial charge on any atom is -0.481 e. The van der Waals surface area contributed by atoms with Gasteiger partial charge in [-0.05, 0) is 20.8 Å². The van der Waals surface area contributed by atoms with E-state index in [1.54, 1.807) is 34.6 Å². The first-order valence-electron chi connectivity index (χ1n) is 7.17. The van der Waals surface area contributed by atoms with Crippen molar-refractivity contribution in [3.8, 4) is 0 Å². The summed E-state index contributed by atoms with van der Waals surface area (Å²) in [5, 5.41) is 22.8. The molecule has 0 rings (SSSR count). The molecule has 0 spiro atoms. The average molecular weight is 374 g/mol. The van der Waals surface area contributed by atoms with E-state index in [1.165, 1.54) is 0 Å². The fourth-order valence-corrected chi connectivity index (χ4v) is 0.629. The van der Waals surface area contributed by atoms with Crippen LogP contribution in [0.5, 0.6) is 0 Å². The molecule has 4 unspecified atom stereocenters. The van der Waals surface area contributed by atoms with E-state index in [0.717, 1.165) is 13.4 Å². The van der Waals surface area contributed by atoms with E-state index in [1.807, 2.05) is 0 Å². The maximum atomic E-state index is 10.8. The van der Waals surface area contributed by atoms with Gasteiger partial charge in [0.05, 0.1) is 18.1 Å². The number of carbonyl (C=O) groups is 2. The molecule has 0 amide bonds. The number of hydrogen-bond donors (Lipinski definition) is 5. The Kier molecular flexibility index (Phi) is 42.5. The molecule has 0 radical (unpaired) electrons. The van der Waals surface area contributed by atoms with E-state index in [9.17, 15) is 9.59 Å². The maximum absolute atomic E-state index is 10.8. The maximum Gasteiger partial charge on any atom is 1.00 e. The van der Waals surface area contributed by atoms with Crippen molar-refractivity contribution in [3.63, 3.8) is 0 Å². The lowest BCUT2D eigenvalue weighted by molar-refractivity contribution is -0.143. The second kappa shape index (κ2) is 27.3. The number of ether oxygens (including phenoxy) is 1. The minimum atomic E-state index is -0.833. The van der Waals surface area contributed by atoms with Gasteiger partial charge in [0.15, 0.2) is 0 Å². The molecule has 0 fully saturated rings. The summed E-state index contributed by atoms with van der Waals surface area (Å²) in [4.78, 5) is 20.9. The summed E-state index contributed by atoms with van der Waals surface area (Å²) in [5.41, 5.74) is 10.7. The van der Waals surface area contributed by atoms with E-state index < -0.39 is 11.9 Å². The predicted molar refractivity (Wildman–Crippen MR) is 102 cm³/mol. The van der Waals surface area contributed by atoms with Gasteiger partial charge in [-0.3, -0.25) is 9.59 Å². The van der Waals surface area contributed by atoms with Gasteiger partial charge in [0.25, 0.3) is 0 Å². The highest BCUT2D eigenvalue weighted by Crippen LogP contribution is 2.02. The topological polar surface area (TPSA) is 188 Å². The minimum absolute atomic E-state index is 0. The number of nitrogens with two attached hydrogens (primary N) is 2. The number of hydrogen-bond acceptors (Lipinski definition) is 7. The largest absolute Gasteiger partial charge is 1.00 e. The van der Waals surface area contributed by atoms with Gasteiger partial charge >= 0.3 is 13.4 Å². The number of aliphatic hydroxyl groups excluding tert-OH is 2. The second-order valence-electron chi connectivity index (χ2n) is 4.55. The fraction of sp³-hybridized carbons (Fsp3) is 0.750. The van der Waals surface area contributed by atoms with Crippen molar-refractivity contribution in [1.29, 1.82) is 0 Å². The van der Waals surface area contributed by atoms with Crippen LogP contribution in [0.3, 0.4) is 0 Å². The van der Waals surface area contributed by atoms with Gasteiger partial charge in [0.2, 0.25) is 0 Å². The Labute approximate surface area is 153 Å². The number of aliphatic hydroxyl groups is 2. The highest BCUT2D eigenvalue weighted by Gasteiger charge is 2.17. The second-order valence-corrected chi connectivity index (χ2v) is 4.55. The molecule has 9 heteroatoms. The summed E-state index contributed by atoms with van der Waals surface area (Å²) in [5.74, 6) is -1.86. The van der Waals surface area contributed by atoms with Gasteiger partial charge in [-0.1, -0.05) is 27.9 Å². The molecule has 9 nitrogen and oxygen atoms in total. The quantitative estimate of drug-likeness (QED) is 0.334. The Morgan fingerprint density at radius 2 is 1.40 bits per heavy atom. The Morgan fingerprint density at radius 1 is 1.12 bits per heavy atom. The monoisotopic (exact) mass is 373 g/mol. The predicted octanol–water partition coefficient (Wildman–Crippen LogP) is 0.242. The fourth-order valence-electron chi connectivity index (χ4n) is 0.629. The van der Waals surface area contributed by atoms with Crippen LogP contribution < -0.4 is 11.5 Å². The number of carbonyl (C=O) groups excluding carboxylic acids is 1. The van der Waals surface area contributed by atoms with Crippen molar-refractivity contribution in [2.75, 3.05) is 13.7 Å². The first-order chi connectivity index (χ1) is 10.6. The van der Waals surface area contributed by atoms with E-state index in [4.69, 9.17) is 26.8 Å². The molecular formula is C16H41N2O7+. The molecule has 0 saturated carbocycles. The molecule has 0 aromatic rings. The molecule has 25 heavy (non-hydrogen) atoms. The first-order valence-corrected chi connectivity index (χ1v) is 7.17.